The van der Waals surface area contributed by atoms with Crippen molar-refractivity contribution in [3.8, 4) is 11.4 Å². The molecule has 0 atom stereocenters. The first-order valence-corrected chi connectivity index (χ1v) is 5.24. The number of hydrogen-bond donors (Lipinski definition) is 1. The summed E-state index contributed by atoms with van der Waals surface area (Å²) >= 11 is 0. The van der Waals surface area contributed by atoms with Gasteiger partial charge < -0.3 is 5.11 Å². The molecule has 0 amide bonds. The van der Waals surface area contributed by atoms with Crippen LogP contribution in [0, 0.1) is 0 Å². The number of nitrogens with zero attached hydrogens (tertiary/aromatic N) is 4. The van der Waals surface area contributed by atoms with E-state index >= 15 is 0 Å². The molecule has 0 aromatic carbocycles. The monoisotopic (exact) mass is 240 g/mol. The fraction of sp³-hybridized carbons (Fsp3) is 0. The molecule has 88 valence electrons. The van der Waals surface area contributed by atoms with Crippen molar-refractivity contribution in [2.45, 2.75) is 0 Å². The summed E-state index contributed by atoms with van der Waals surface area (Å²) in [5.41, 5.74) is 1.57. The van der Waals surface area contributed by atoms with Gasteiger partial charge in [0.25, 0.3) is 0 Å². The molecule has 0 unspecified atom stereocenters. The summed E-state index contributed by atoms with van der Waals surface area (Å²) in [4.78, 5) is 15.0. The van der Waals surface area contributed by atoms with Crippen molar-refractivity contribution >= 4 is 11.6 Å². The lowest BCUT2D eigenvalue weighted by Gasteiger charge is -2.00. The Kier molecular flexibility index (Phi) is 2.26. The average Bonchev–Trinajstić information content (AvgIpc) is 2.82. The van der Waals surface area contributed by atoms with Gasteiger partial charge in [0.2, 0.25) is 0 Å². The van der Waals surface area contributed by atoms with Crippen LogP contribution in [-0.2, 0) is 0 Å². The zero-order valence-electron chi connectivity index (χ0n) is 9.19. The van der Waals surface area contributed by atoms with Gasteiger partial charge in [0.1, 0.15) is 0 Å². The molecule has 0 saturated carbocycles. The number of carboxylic acid groups (broad SMARTS) is 1. The fourth-order valence-electron chi connectivity index (χ4n) is 1.71. The van der Waals surface area contributed by atoms with Crippen molar-refractivity contribution in [2.75, 3.05) is 0 Å². The molecule has 18 heavy (non-hydrogen) atoms. The standard InChI is InChI=1S/C12H8N4O2/c17-12(18)9-3-4-10-14-15-11(16(10)7-9)8-2-1-5-13-6-8/h1-7H,(H,17,18). The van der Waals surface area contributed by atoms with Crippen LogP contribution in [0.15, 0.2) is 42.9 Å². The van der Waals surface area contributed by atoms with Crippen LogP contribution in [0.4, 0.5) is 0 Å². The van der Waals surface area contributed by atoms with Gasteiger partial charge in [0, 0.05) is 24.2 Å². The normalized spacial score (nSPS) is 10.7. The first kappa shape index (κ1) is 10.4. The van der Waals surface area contributed by atoms with Crippen LogP contribution in [-0.4, -0.2) is 30.7 Å². The van der Waals surface area contributed by atoms with Crippen LogP contribution >= 0.6 is 0 Å². The third-order valence-electron chi connectivity index (χ3n) is 2.57. The van der Waals surface area contributed by atoms with E-state index in [2.05, 4.69) is 15.2 Å². The summed E-state index contributed by atoms with van der Waals surface area (Å²) in [6.45, 7) is 0. The zero-order valence-corrected chi connectivity index (χ0v) is 9.19. The second kappa shape index (κ2) is 3.92. The molecule has 0 aliphatic heterocycles. The third kappa shape index (κ3) is 1.60. The number of aromatic nitrogens is 4. The summed E-state index contributed by atoms with van der Waals surface area (Å²) in [6, 6.07) is 6.75. The number of rotatable bonds is 2. The van der Waals surface area contributed by atoms with Crippen LogP contribution in [0.5, 0.6) is 0 Å². The lowest BCUT2D eigenvalue weighted by Crippen LogP contribution is -1.99. The van der Waals surface area contributed by atoms with E-state index in [9.17, 15) is 4.79 Å². The largest absolute Gasteiger partial charge is 0.478 e. The number of fused-ring (bicyclic) bond motifs is 1. The molecule has 0 spiro atoms. The molecule has 0 aliphatic rings. The van der Waals surface area contributed by atoms with E-state index in [1.165, 1.54) is 12.3 Å². The van der Waals surface area contributed by atoms with Crippen LogP contribution in [0.25, 0.3) is 17.0 Å². The van der Waals surface area contributed by atoms with Gasteiger partial charge in [-0.25, -0.2) is 4.79 Å². The predicted molar refractivity (Wildman–Crippen MR) is 63.2 cm³/mol. The molecule has 1 N–H and O–H groups in total. The van der Waals surface area contributed by atoms with E-state index in [0.717, 1.165) is 5.56 Å². The fourth-order valence-corrected chi connectivity index (χ4v) is 1.71. The van der Waals surface area contributed by atoms with Gasteiger partial charge in [-0.3, -0.25) is 9.38 Å². The Hall–Kier alpha value is -2.76. The van der Waals surface area contributed by atoms with Crippen molar-refractivity contribution < 1.29 is 9.90 Å². The summed E-state index contributed by atoms with van der Waals surface area (Å²) in [5, 5.41) is 17.0. The van der Waals surface area contributed by atoms with E-state index in [-0.39, 0.29) is 5.56 Å². The molecule has 3 rings (SSSR count). The molecule has 3 heterocycles. The van der Waals surface area contributed by atoms with Crippen molar-refractivity contribution in [3.63, 3.8) is 0 Å². The Morgan fingerprint density at radius 1 is 1.22 bits per heavy atom. The van der Waals surface area contributed by atoms with Gasteiger partial charge in [-0.05, 0) is 24.3 Å². The van der Waals surface area contributed by atoms with Crippen molar-refractivity contribution in [1.29, 1.82) is 0 Å². The van der Waals surface area contributed by atoms with E-state index in [0.29, 0.717) is 11.5 Å². The second-order valence-corrected chi connectivity index (χ2v) is 3.72. The molecule has 0 bridgehead atoms. The molecule has 3 aromatic heterocycles. The molecular formula is C12H8N4O2. The first-order chi connectivity index (χ1) is 8.75. The minimum atomic E-state index is -0.984. The maximum atomic E-state index is 10.9. The molecule has 0 fully saturated rings. The summed E-state index contributed by atoms with van der Waals surface area (Å²) in [6.07, 6.45) is 4.82. The minimum absolute atomic E-state index is 0.187. The molecule has 0 saturated heterocycles. The van der Waals surface area contributed by atoms with Gasteiger partial charge in [-0.2, -0.15) is 0 Å². The van der Waals surface area contributed by atoms with Crippen molar-refractivity contribution in [3.05, 3.63) is 48.4 Å². The van der Waals surface area contributed by atoms with Crippen LogP contribution in [0.1, 0.15) is 10.4 Å². The van der Waals surface area contributed by atoms with Crippen LogP contribution < -0.4 is 0 Å². The highest BCUT2D eigenvalue weighted by molar-refractivity contribution is 5.87. The van der Waals surface area contributed by atoms with E-state index in [1.807, 2.05) is 6.07 Å². The van der Waals surface area contributed by atoms with E-state index in [4.69, 9.17) is 5.11 Å². The maximum Gasteiger partial charge on any atom is 0.337 e. The topological polar surface area (TPSA) is 80.4 Å². The van der Waals surface area contributed by atoms with Crippen molar-refractivity contribution in [1.82, 2.24) is 19.6 Å². The van der Waals surface area contributed by atoms with Gasteiger partial charge in [0.15, 0.2) is 11.5 Å². The SMILES string of the molecule is O=C(O)c1ccc2nnc(-c3cccnc3)n2c1. The van der Waals surface area contributed by atoms with E-state index < -0.39 is 5.97 Å². The number of carbonyl (C=O) groups is 1. The zero-order chi connectivity index (χ0) is 12.5. The quantitative estimate of drug-likeness (QED) is 0.734. The Labute approximate surface area is 102 Å². The Morgan fingerprint density at radius 3 is 2.83 bits per heavy atom. The predicted octanol–water partition coefficient (Wildman–Crippen LogP) is 1.49. The highest BCUT2D eigenvalue weighted by Crippen LogP contribution is 2.17. The van der Waals surface area contributed by atoms with Gasteiger partial charge >= 0.3 is 5.97 Å². The minimum Gasteiger partial charge on any atom is -0.478 e. The molecule has 0 radical (unpaired) electrons. The molecule has 6 heteroatoms. The highest BCUT2D eigenvalue weighted by Gasteiger charge is 2.10. The lowest BCUT2D eigenvalue weighted by molar-refractivity contribution is 0.0696. The van der Waals surface area contributed by atoms with Crippen LogP contribution in [0.3, 0.4) is 0 Å². The Balaban J connectivity index is 2.24. The summed E-state index contributed by atoms with van der Waals surface area (Å²) < 4.78 is 1.64. The molecule has 6 nitrogen and oxygen atoms in total. The highest BCUT2D eigenvalue weighted by atomic mass is 16.4. The Morgan fingerprint density at radius 2 is 2.11 bits per heavy atom. The molecule has 3 aromatic rings. The second-order valence-electron chi connectivity index (χ2n) is 3.72. The van der Waals surface area contributed by atoms with Crippen LogP contribution in [0.2, 0.25) is 0 Å². The van der Waals surface area contributed by atoms with Gasteiger partial charge in [-0.15, -0.1) is 10.2 Å². The number of aromatic carboxylic acids is 1. The first-order valence-electron chi connectivity index (χ1n) is 5.24. The molecular weight excluding hydrogens is 232 g/mol. The number of hydrogen-bond acceptors (Lipinski definition) is 4. The molecule has 0 aliphatic carbocycles. The van der Waals surface area contributed by atoms with E-state index in [1.54, 1.807) is 28.9 Å². The number of pyridine rings is 2. The van der Waals surface area contributed by atoms with Gasteiger partial charge in [0.05, 0.1) is 5.56 Å². The smallest absolute Gasteiger partial charge is 0.337 e. The average molecular weight is 240 g/mol. The lowest BCUT2D eigenvalue weighted by atomic mass is 10.2. The summed E-state index contributed by atoms with van der Waals surface area (Å²) in [7, 11) is 0. The third-order valence-corrected chi connectivity index (χ3v) is 2.57. The number of carboxylic acids is 1. The summed E-state index contributed by atoms with van der Waals surface area (Å²) in [5.74, 6) is -0.413. The maximum absolute atomic E-state index is 10.9. The van der Waals surface area contributed by atoms with Gasteiger partial charge in [-0.1, -0.05) is 0 Å². The Bertz CT molecular complexity index is 721. The van der Waals surface area contributed by atoms with Crippen molar-refractivity contribution in [2.24, 2.45) is 0 Å².